The van der Waals surface area contributed by atoms with Gasteiger partial charge >= 0.3 is 0 Å². The molecular formula is C26H27N5O2S. The highest BCUT2D eigenvalue weighted by Gasteiger charge is 2.15. The number of nitrogens with one attached hydrogen (secondary N) is 1. The van der Waals surface area contributed by atoms with Crippen LogP contribution in [0.15, 0.2) is 36.5 Å². The van der Waals surface area contributed by atoms with Crippen LogP contribution in [0.5, 0.6) is 5.75 Å². The summed E-state index contributed by atoms with van der Waals surface area (Å²) in [5.74, 6) is 0.827. The zero-order valence-corrected chi connectivity index (χ0v) is 20.2. The average Bonchev–Trinajstić information content (AvgIpc) is 3.24. The number of hydrogen-bond donors (Lipinski definition) is 1. The fourth-order valence-electron chi connectivity index (χ4n) is 4.19. The lowest BCUT2D eigenvalue weighted by atomic mass is 10.1. The van der Waals surface area contributed by atoms with Gasteiger partial charge in [-0.25, -0.2) is 4.98 Å². The molecule has 2 aromatic carbocycles. The molecule has 0 amide bonds. The second-order valence-electron chi connectivity index (χ2n) is 8.56. The first-order chi connectivity index (χ1) is 16.6. The van der Waals surface area contributed by atoms with Gasteiger partial charge in [0.15, 0.2) is 5.13 Å². The van der Waals surface area contributed by atoms with Gasteiger partial charge in [-0.2, -0.15) is 5.26 Å². The van der Waals surface area contributed by atoms with E-state index in [0.717, 1.165) is 82.5 Å². The number of rotatable bonds is 7. The highest BCUT2D eigenvalue weighted by Crippen LogP contribution is 2.35. The van der Waals surface area contributed by atoms with Gasteiger partial charge in [0.05, 0.1) is 46.8 Å². The van der Waals surface area contributed by atoms with Crippen LogP contribution >= 0.6 is 11.3 Å². The SMILES string of the molecule is Cc1ccc2nc(Nc3c(C#N)cnc4cc(OCCCN5CCOCC5)c(C)cc34)sc2c1. The number of anilines is 2. The lowest BCUT2D eigenvalue weighted by Crippen LogP contribution is -2.37. The van der Waals surface area contributed by atoms with E-state index >= 15 is 0 Å². The fraction of sp³-hybridized carbons (Fsp3) is 0.346. The monoisotopic (exact) mass is 473 g/mol. The fourth-order valence-corrected chi connectivity index (χ4v) is 5.16. The summed E-state index contributed by atoms with van der Waals surface area (Å²) in [6.07, 6.45) is 2.57. The lowest BCUT2D eigenvalue weighted by Gasteiger charge is -2.26. The third-order valence-electron chi connectivity index (χ3n) is 6.04. The molecule has 0 bridgehead atoms. The summed E-state index contributed by atoms with van der Waals surface area (Å²) < 4.78 is 12.6. The maximum absolute atomic E-state index is 9.72. The Morgan fingerprint density at radius 3 is 2.85 bits per heavy atom. The van der Waals surface area contributed by atoms with Crippen LogP contribution in [0.2, 0.25) is 0 Å². The highest BCUT2D eigenvalue weighted by atomic mass is 32.1. The first kappa shape index (κ1) is 22.5. The van der Waals surface area contributed by atoms with Crippen molar-refractivity contribution in [1.82, 2.24) is 14.9 Å². The Balaban J connectivity index is 1.37. The third-order valence-corrected chi connectivity index (χ3v) is 6.97. The predicted molar refractivity (Wildman–Crippen MR) is 136 cm³/mol. The number of nitriles is 1. The Kier molecular flexibility index (Phi) is 6.59. The molecule has 1 saturated heterocycles. The second kappa shape index (κ2) is 9.94. The number of nitrogens with zero attached hydrogens (tertiary/aromatic N) is 4. The van der Waals surface area contributed by atoms with Crippen LogP contribution in [0.3, 0.4) is 0 Å². The van der Waals surface area contributed by atoms with Crippen molar-refractivity contribution in [1.29, 1.82) is 5.26 Å². The Bertz CT molecular complexity index is 1370. The van der Waals surface area contributed by atoms with E-state index in [1.165, 1.54) is 5.56 Å². The molecule has 3 heterocycles. The van der Waals surface area contributed by atoms with Gasteiger partial charge < -0.3 is 14.8 Å². The zero-order chi connectivity index (χ0) is 23.5. The van der Waals surface area contributed by atoms with Crippen molar-refractivity contribution in [3.63, 3.8) is 0 Å². The number of hydrogen-bond acceptors (Lipinski definition) is 8. The number of morpholine rings is 1. The quantitative estimate of drug-likeness (QED) is 0.370. The van der Waals surface area contributed by atoms with Crippen LogP contribution in [0, 0.1) is 25.2 Å². The van der Waals surface area contributed by atoms with Gasteiger partial charge in [0.25, 0.3) is 0 Å². The van der Waals surface area contributed by atoms with E-state index < -0.39 is 0 Å². The Morgan fingerprint density at radius 2 is 2.03 bits per heavy atom. The smallest absolute Gasteiger partial charge is 0.188 e. The molecule has 8 heteroatoms. The van der Waals surface area contributed by atoms with Gasteiger partial charge in [-0.05, 0) is 49.6 Å². The molecule has 0 spiro atoms. The van der Waals surface area contributed by atoms with E-state index in [2.05, 4.69) is 40.3 Å². The third kappa shape index (κ3) is 4.82. The minimum atomic E-state index is 0.488. The number of aryl methyl sites for hydroxylation is 2. The predicted octanol–water partition coefficient (Wildman–Crippen LogP) is 5.18. The van der Waals surface area contributed by atoms with Crippen molar-refractivity contribution in [3.8, 4) is 11.8 Å². The average molecular weight is 474 g/mol. The molecule has 4 aromatic rings. The molecule has 1 N–H and O–H groups in total. The van der Waals surface area contributed by atoms with Gasteiger partial charge in [-0.1, -0.05) is 17.4 Å². The number of ether oxygens (including phenoxy) is 2. The van der Waals surface area contributed by atoms with Crippen molar-refractivity contribution in [3.05, 3.63) is 53.2 Å². The highest BCUT2D eigenvalue weighted by molar-refractivity contribution is 7.22. The van der Waals surface area contributed by atoms with E-state index in [1.54, 1.807) is 17.5 Å². The molecule has 0 unspecified atom stereocenters. The van der Waals surface area contributed by atoms with Crippen molar-refractivity contribution in [2.75, 3.05) is 44.8 Å². The zero-order valence-electron chi connectivity index (χ0n) is 19.4. The Labute approximate surface area is 203 Å². The maximum Gasteiger partial charge on any atom is 0.188 e. The molecule has 0 saturated carbocycles. The Morgan fingerprint density at radius 1 is 1.18 bits per heavy atom. The molecule has 5 rings (SSSR count). The molecule has 0 aliphatic carbocycles. The summed E-state index contributed by atoms with van der Waals surface area (Å²) >= 11 is 1.58. The minimum absolute atomic E-state index is 0.488. The van der Waals surface area contributed by atoms with Crippen molar-refractivity contribution in [2.24, 2.45) is 0 Å². The van der Waals surface area contributed by atoms with Gasteiger partial charge in [-0.15, -0.1) is 0 Å². The molecule has 34 heavy (non-hydrogen) atoms. The molecule has 1 aliphatic heterocycles. The van der Waals surface area contributed by atoms with Crippen LogP contribution in [0.1, 0.15) is 23.1 Å². The molecule has 1 aliphatic rings. The number of benzene rings is 2. The summed E-state index contributed by atoms with van der Waals surface area (Å²) in [7, 11) is 0. The molecule has 0 atom stereocenters. The van der Waals surface area contributed by atoms with Gasteiger partial charge in [-0.3, -0.25) is 9.88 Å². The standard InChI is InChI=1S/C26H27N5O2S/c1-17-4-5-21-24(12-17)34-26(29-21)30-25-19(15-27)16-28-22-14-23(18(2)13-20(22)25)33-9-3-6-31-7-10-32-11-8-31/h4-5,12-14,16H,3,6-11H2,1-2H3,(H,28,29,30). The lowest BCUT2D eigenvalue weighted by molar-refractivity contribution is 0.0358. The second-order valence-corrected chi connectivity index (χ2v) is 9.60. The van der Waals surface area contributed by atoms with E-state index in [-0.39, 0.29) is 0 Å². The molecular weight excluding hydrogens is 446 g/mol. The van der Waals surface area contributed by atoms with Crippen LogP contribution in [0.25, 0.3) is 21.1 Å². The number of aromatic nitrogens is 2. The number of fused-ring (bicyclic) bond motifs is 2. The first-order valence-electron chi connectivity index (χ1n) is 11.5. The molecule has 0 radical (unpaired) electrons. The molecule has 7 nitrogen and oxygen atoms in total. The summed E-state index contributed by atoms with van der Waals surface area (Å²) in [4.78, 5) is 11.6. The van der Waals surface area contributed by atoms with E-state index in [4.69, 9.17) is 14.5 Å². The van der Waals surface area contributed by atoms with Crippen LogP contribution in [0.4, 0.5) is 10.8 Å². The van der Waals surface area contributed by atoms with Crippen LogP contribution < -0.4 is 10.1 Å². The van der Waals surface area contributed by atoms with Gasteiger partial charge in [0, 0.05) is 37.3 Å². The van der Waals surface area contributed by atoms with E-state index in [9.17, 15) is 5.26 Å². The summed E-state index contributed by atoms with van der Waals surface area (Å²) in [6.45, 7) is 9.36. The summed E-state index contributed by atoms with van der Waals surface area (Å²) in [5, 5.41) is 14.8. The molecule has 174 valence electrons. The topological polar surface area (TPSA) is 83.3 Å². The maximum atomic E-state index is 9.72. The van der Waals surface area contributed by atoms with Crippen molar-refractivity contribution >= 4 is 43.3 Å². The van der Waals surface area contributed by atoms with Gasteiger partial charge in [0.2, 0.25) is 0 Å². The number of thiazole rings is 1. The first-order valence-corrected chi connectivity index (χ1v) is 12.3. The molecule has 2 aromatic heterocycles. The van der Waals surface area contributed by atoms with Crippen molar-refractivity contribution in [2.45, 2.75) is 20.3 Å². The van der Waals surface area contributed by atoms with Crippen LogP contribution in [-0.4, -0.2) is 54.3 Å². The largest absolute Gasteiger partial charge is 0.493 e. The summed E-state index contributed by atoms with van der Waals surface area (Å²) in [6, 6.07) is 12.5. The molecule has 1 fully saturated rings. The van der Waals surface area contributed by atoms with Gasteiger partial charge in [0.1, 0.15) is 11.8 Å². The van der Waals surface area contributed by atoms with Crippen molar-refractivity contribution < 1.29 is 9.47 Å². The minimum Gasteiger partial charge on any atom is -0.493 e. The van der Waals surface area contributed by atoms with Crippen LogP contribution in [-0.2, 0) is 4.74 Å². The van der Waals surface area contributed by atoms with E-state index in [0.29, 0.717) is 12.2 Å². The summed E-state index contributed by atoms with van der Waals surface area (Å²) in [5.41, 5.74) is 5.15. The normalized spacial score (nSPS) is 14.4. The number of pyridine rings is 1. The Hall–Kier alpha value is -3.25. The van der Waals surface area contributed by atoms with E-state index in [1.807, 2.05) is 25.1 Å².